The Kier molecular flexibility index (Phi) is 4.38. The van der Waals surface area contributed by atoms with E-state index in [1.165, 1.54) is 12.3 Å². The van der Waals surface area contributed by atoms with Gasteiger partial charge in [0.25, 0.3) is 0 Å². The fraction of sp³-hybridized carbons (Fsp3) is 0.417. The molecule has 2 N–H and O–H groups in total. The van der Waals surface area contributed by atoms with Crippen LogP contribution in [0, 0.1) is 0 Å². The summed E-state index contributed by atoms with van der Waals surface area (Å²) in [4.78, 5) is 26.1. The number of carboxylic acids is 1. The van der Waals surface area contributed by atoms with Crippen molar-refractivity contribution in [3.63, 3.8) is 0 Å². The predicted octanol–water partition coefficient (Wildman–Crippen LogP) is 1.53. The number of nitrogens with one attached hydrogen (secondary N) is 1. The lowest BCUT2D eigenvalue weighted by Gasteiger charge is -2.19. The van der Waals surface area contributed by atoms with Gasteiger partial charge in [0.1, 0.15) is 6.61 Å². The summed E-state index contributed by atoms with van der Waals surface area (Å²) < 4.78 is 5.28. The SMILES string of the molecule is CC(C)(C)OCC(=O)Nc1cccnc1C(=O)O. The van der Waals surface area contributed by atoms with Crippen molar-refractivity contribution in [1.29, 1.82) is 0 Å². The second-order valence-corrected chi connectivity index (χ2v) is 4.65. The molecule has 1 aromatic rings. The third kappa shape index (κ3) is 4.50. The van der Waals surface area contributed by atoms with E-state index in [0.717, 1.165) is 0 Å². The molecule has 0 radical (unpaired) electrons. The predicted molar refractivity (Wildman–Crippen MR) is 65.5 cm³/mol. The van der Waals surface area contributed by atoms with Gasteiger partial charge in [-0.2, -0.15) is 0 Å². The maximum atomic E-state index is 11.6. The van der Waals surface area contributed by atoms with Gasteiger partial charge in [0.2, 0.25) is 5.91 Å². The Balaban J connectivity index is 2.68. The standard InChI is InChI=1S/C12H16N2O4/c1-12(2,3)18-7-9(15)14-8-5-4-6-13-10(8)11(16)17/h4-6H,7H2,1-3H3,(H,14,15)(H,16,17). The Morgan fingerprint density at radius 1 is 1.44 bits per heavy atom. The summed E-state index contributed by atoms with van der Waals surface area (Å²) in [6, 6.07) is 3.03. The maximum Gasteiger partial charge on any atom is 0.356 e. The van der Waals surface area contributed by atoms with Crippen LogP contribution in [0.2, 0.25) is 0 Å². The lowest BCUT2D eigenvalue weighted by molar-refractivity contribution is -0.125. The molecule has 6 nitrogen and oxygen atoms in total. The maximum absolute atomic E-state index is 11.6. The molecule has 0 atom stereocenters. The summed E-state index contributed by atoms with van der Waals surface area (Å²) >= 11 is 0. The van der Waals surface area contributed by atoms with Gasteiger partial charge in [0.05, 0.1) is 11.3 Å². The van der Waals surface area contributed by atoms with Crippen LogP contribution >= 0.6 is 0 Å². The molecule has 6 heteroatoms. The number of hydrogen-bond donors (Lipinski definition) is 2. The molecule has 0 aliphatic heterocycles. The van der Waals surface area contributed by atoms with Crippen LogP contribution < -0.4 is 5.32 Å². The zero-order chi connectivity index (χ0) is 13.8. The number of nitrogens with zero attached hydrogens (tertiary/aromatic N) is 1. The summed E-state index contributed by atoms with van der Waals surface area (Å²) in [5, 5.41) is 11.3. The minimum Gasteiger partial charge on any atom is -0.476 e. The number of pyridine rings is 1. The Morgan fingerprint density at radius 2 is 2.11 bits per heavy atom. The molecule has 0 saturated carbocycles. The molecular weight excluding hydrogens is 236 g/mol. The van der Waals surface area contributed by atoms with Crippen molar-refractivity contribution in [1.82, 2.24) is 4.98 Å². The first-order valence-electron chi connectivity index (χ1n) is 5.42. The number of carbonyl (C=O) groups excluding carboxylic acids is 1. The third-order valence-electron chi connectivity index (χ3n) is 1.92. The first kappa shape index (κ1) is 14.1. The minimum atomic E-state index is -1.19. The van der Waals surface area contributed by atoms with Gasteiger partial charge < -0.3 is 15.2 Å². The van der Waals surface area contributed by atoms with Crippen LogP contribution in [0.25, 0.3) is 0 Å². The van der Waals surface area contributed by atoms with Gasteiger partial charge in [-0.3, -0.25) is 4.79 Å². The number of hydrogen-bond acceptors (Lipinski definition) is 4. The number of amides is 1. The van der Waals surface area contributed by atoms with Crippen LogP contribution in [0.3, 0.4) is 0 Å². The molecule has 98 valence electrons. The molecule has 0 aliphatic carbocycles. The lowest BCUT2D eigenvalue weighted by atomic mass is 10.2. The summed E-state index contributed by atoms with van der Waals surface area (Å²) in [5.41, 5.74) is -0.462. The van der Waals surface area contributed by atoms with Crippen LogP contribution in [0.5, 0.6) is 0 Å². The molecule has 0 spiro atoms. The highest BCUT2D eigenvalue weighted by molar-refractivity contribution is 5.99. The van der Waals surface area contributed by atoms with Crippen LogP contribution in [-0.2, 0) is 9.53 Å². The van der Waals surface area contributed by atoms with Crippen molar-refractivity contribution >= 4 is 17.6 Å². The molecule has 0 aromatic carbocycles. The number of carboxylic acid groups (broad SMARTS) is 1. The second kappa shape index (κ2) is 5.59. The van der Waals surface area contributed by atoms with Gasteiger partial charge in [0.15, 0.2) is 5.69 Å². The number of aromatic carboxylic acids is 1. The molecule has 1 heterocycles. The van der Waals surface area contributed by atoms with E-state index in [4.69, 9.17) is 9.84 Å². The van der Waals surface area contributed by atoms with Crippen molar-refractivity contribution in [3.8, 4) is 0 Å². The quantitative estimate of drug-likeness (QED) is 0.848. The molecule has 18 heavy (non-hydrogen) atoms. The topological polar surface area (TPSA) is 88.5 Å². The molecule has 0 unspecified atom stereocenters. The number of rotatable bonds is 4. The van der Waals surface area contributed by atoms with Crippen molar-refractivity contribution in [3.05, 3.63) is 24.0 Å². The van der Waals surface area contributed by atoms with Crippen molar-refractivity contribution in [2.45, 2.75) is 26.4 Å². The van der Waals surface area contributed by atoms with Crippen molar-refractivity contribution in [2.24, 2.45) is 0 Å². The normalized spacial score (nSPS) is 11.1. The number of carbonyl (C=O) groups is 2. The number of aromatic nitrogens is 1. The summed E-state index contributed by atoms with van der Waals surface area (Å²) in [6.45, 7) is 5.34. The van der Waals surface area contributed by atoms with E-state index in [2.05, 4.69) is 10.3 Å². The zero-order valence-electron chi connectivity index (χ0n) is 10.6. The first-order valence-corrected chi connectivity index (χ1v) is 5.42. The van der Waals surface area contributed by atoms with Crippen LogP contribution in [-0.4, -0.2) is 34.2 Å². The highest BCUT2D eigenvalue weighted by Crippen LogP contribution is 2.12. The Morgan fingerprint density at radius 3 is 2.67 bits per heavy atom. The molecule has 1 aromatic heterocycles. The molecule has 0 fully saturated rings. The monoisotopic (exact) mass is 252 g/mol. The van der Waals surface area contributed by atoms with Gasteiger partial charge in [-0.25, -0.2) is 9.78 Å². The van der Waals surface area contributed by atoms with E-state index in [-0.39, 0.29) is 18.0 Å². The van der Waals surface area contributed by atoms with Gasteiger partial charge >= 0.3 is 5.97 Å². The molecule has 1 rings (SSSR count). The van der Waals surface area contributed by atoms with Gasteiger partial charge in [-0.15, -0.1) is 0 Å². The Labute approximate surface area is 105 Å². The van der Waals surface area contributed by atoms with Crippen LogP contribution in [0.4, 0.5) is 5.69 Å². The van der Waals surface area contributed by atoms with Gasteiger partial charge in [0, 0.05) is 6.20 Å². The third-order valence-corrected chi connectivity index (χ3v) is 1.92. The summed E-state index contributed by atoms with van der Waals surface area (Å²) in [7, 11) is 0. The molecule has 0 aliphatic rings. The van der Waals surface area contributed by atoms with Crippen molar-refractivity contribution in [2.75, 3.05) is 11.9 Å². The Bertz CT molecular complexity index is 452. The van der Waals surface area contributed by atoms with Gasteiger partial charge in [-0.05, 0) is 32.9 Å². The largest absolute Gasteiger partial charge is 0.476 e. The van der Waals surface area contributed by atoms with E-state index < -0.39 is 17.5 Å². The number of ether oxygens (including phenoxy) is 1. The average Bonchev–Trinajstić information content (AvgIpc) is 2.26. The Hall–Kier alpha value is -1.95. The fourth-order valence-electron chi connectivity index (χ4n) is 1.14. The second-order valence-electron chi connectivity index (χ2n) is 4.65. The van der Waals surface area contributed by atoms with E-state index in [1.54, 1.807) is 6.07 Å². The first-order chi connectivity index (χ1) is 8.29. The fourth-order valence-corrected chi connectivity index (χ4v) is 1.14. The molecule has 1 amide bonds. The average molecular weight is 252 g/mol. The van der Waals surface area contributed by atoms with Crippen LogP contribution in [0.1, 0.15) is 31.3 Å². The van der Waals surface area contributed by atoms with Crippen molar-refractivity contribution < 1.29 is 19.4 Å². The lowest BCUT2D eigenvalue weighted by Crippen LogP contribution is -2.27. The van der Waals surface area contributed by atoms with Gasteiger partial charge in [-0.1, -0.05) is 0 Å². The highest BCUT2D eigenvalue weighted by Gasteiger charge is 2.16. The molecular formula is C12H16N2O4. The highest BCUT2D eigenvalue weighted by atomic mass is 16.5. The number of anilines is 1. The summed E-state index contributed by atoms with van der Waals surface area (Å²) in [5.74, 6) is -1.61. The van der Waals surface area contributed by atoms with E-state index >= 15 is 0 Å². The zero-order valence-corrected chi connectivity index (χ0v) is 10.6. The molecule has 0 bridgehead atoms. The van der Waals surface area contributed by atoms with E-state index in [1.807, 2.05) is 20.8 Å². The smallest absolute Gasteiger partial charge is 0.356 e. The minimum absolute atomic E-state index is 0.141. The van der Waals surface area contributed by atoms with Crippen LogP contribution in [0.15, 0.2) is 18.3 Å². The molecule has 0 saturated heterocycles. The van der Waals surface area contributed by atoms with E-state index in [0.29, 0.717) is 0 Å². The summed E-state index contributed by atoms with van der Waals surface area (Å²) in [6.07, 6.45) is 1.35. The van der Waals surface area contributed by atoms with E-state index in [9.17, 15) is 9.59 Å².